The second kappa shape index (κ2) is 6.01. The number of aromatic nitrogens is 2. The van der Waals surface area contributed by atoms with Crippen molar-refractivity contribution >= 4 is 0 Å². The summed E-state index contributed by atoms with van der Waals surface area (Å²) in [6, 6.07) is 0.385. The van der Waals surface area contributed by atoms with E-state index in [9.17, 15) is 0 Å². The first kappa shape index (κ1) is 13.2. The van der Waals surface area contributed by atoms with Crippen LogP contribution in [-0.2, 0) is 7.05 Å². The van der Waals surface area contributed by atoms with Gasteiger partial charge in [-0.1, -0.05) is 0 Å². The van der Waals surface area contributed by atoms with Gasteiger partial charge in [0.25, 0.3) is 0 Å². The molecule has 0 aliphatic rings. The maximum atomic E-state index is 4.36. The van der Waals surface area contributed by atoms with Crippen molar-refractivity contribution in [1.82, 2.24) is 20.0 Å². The first-order valence-electron chi connectivity index (χ1n) is 5.89. The molecule has 1 heterocycles. The Labute approximate surface area is 98.6 Å². The number of nitrogens with zero attached hydrogens (tertiary/aromatic N) is 3. The van der Waals surface area contributed by atoms with E-state index < -0.39 is 0 Å². The lowest BCUT2D eigenvalue weighted by molar-refractivity contribution is 0.389. The van der Waals surface area contributed by atoms with Gasteiger partial charge in [-0.15, -0.1) is 0 Å². The highest BCUT2D eigenvalue weighted by Gasteiger charge is 2.10. The van der Waals surface area contributed by atoms with E-state index in [1.165, 1.54) is 12.0 Å². The fourth-order valence-electron chi connectivity index (χ4n) is 1.87. The van der Waals surface area contributed by atoms with Gasteiger partial charge in [-0.3, -0.25) is 4.68 Å². The molecule has 0 radical (unpaired) electrons. The normalized spacial score (nSPS) is 13.4. The average Bonchev–Trinajstić information content (AvgIpc) is 2.52. The van der Waals surface area contributed by atoms with Gasteiger partial charge < -0.3 is 10.2 Å². The Balaban J connectivity index is 2.35. The van der Waals surface area contributed by atoms with Crippen LogP contribution >= 0.6 is 0 Å². The fraction of sp³-hybridized carbons (Fsp3) is 0.750. The summed E-state index contributed by atoms with van der Waals surface area (Å²) in [6.07, 6.45) is 3.27. The molecule has 0 bridgehead atoms. The van der Waals surface area contributed by atoms with Crippen LogP contribution in [0.3, 0.4) is 0 Å². The highest BCUT2D eigenvalue weighted by molar-refractivity contribution is 5.19. The van der Waals surface area contributed by atoms with Crippen molar-refractivity contribution in [3.05, 3.63) is 17.5 Å². The number of hydrogen-bond donors (Lipinski definition) is 1. The number of aryl methyl sites for hydroxylation is 2. The molecule has 1 aromatic heterocycles. The molecule has 1 N–H and O–H groups in total. The second-order valence-corrected chi connectivity index (χ2v) is 4.68. The molecule has 0 amide bonds. The predicted octanol–water partition coefficient (Wildman–Crippen LogP) is 1.33. The van der Waals surface area contributed by atoms with E-state index in [1.807, 2.05) is 11.7 Å². The molecule has 0 aliphatic heterocycles. The van der Waals surface area contributed by atoms with E-state index >= 15 is 0 Å². The minimum atomic E-state index is 0.385. The van der Waals surface area contributed by atoms with Crippen molar-refractivity contribution in [1.29, 1.82) is 0 Å². The van der Waals surface area contributed by atoms with Crippen LogP contribution in [0, 0.1) is 6.92 Å². The maximum Gasteiger partial charge on any atom is 0.0641 e. The lowest BCUT2D eigenvalue weighted by Gasteiger charge is -2.14. The van der Waals surface area contributed by atoms with E-state index in [0.29, 0.717) is 6.04 Å². The molecule has 0 aliphatic carbocycles. The molecule has 0 saturated carbocycles. The molecule has 4 heteroatoms. The van der Waals surface area contributed by atoms with Gasteiger partial charge in [0.2, 0.25) is 0 Å². The third kappa shape index (κ3) is 3.94. The lowest BCUT2D eigenvalue weighted by Crippen LogP contribution is -2.24. The second-order valence-electron chi connectivity index (χ2n) is 4.68. The van der Waals surface area contributed by atoms with E-state index in [0.717, 1.165) is 18.8 Å². The molecule has 16 heavy (non-hydrogen) atoms. The van der Waals surface area contributed by atoms with Crippen molar-refractivity contribution in [3.63, 3.8) is 0 Å². The molecule has 4 nitrogen and oxygen atoms in total. The molecular weight excluding hydrogens is 200 g/mol. The Morgan fingerprint density at radius 1 is 1.50 bits per heavy atom. The molecule has 1 unspecified atom stereocenters. The Kier molecular flexibility index (Phi) is 4.96. The summed E-state index contributed by atoms with van der Waals surface area (Å²) in [5, 5.41) is 7.89. The molecular formula is C12H24N4. The Morgan fingerprint density at radius 3 is 2.69 bits per heavy atom. The predicted molar refractivity (Wildman–Crippen MR) is 67.5 cm³/mol. The van der Waals surface area contributed by atoms with E-state index in [-0.39, 0.29) is 0 Å². The topological polar surface area (TPSA) is 33.1 Å². The van der Waals surface area contributed by atoms with Crippen molar-refractivity contribution in [2.45, 2.75) is 26.3 Å². The Morgan fingerprint density at radius 2 is 2.19 bits per heavy atom. The zero-order chi connectivity index (χ0) is 12.1. The summed E-state index contributed by atoms with van der Waals surface area (Å²) in [5.41, 5.74) is 2.42. The van der Waals surface area contributed by atoms with Crippen molar-refractivity contribution < 1.29 is 0 Å². The Bertz CT molecular complexity index is 317. The third-order valence-corrected chi connectivity index (χ3v) is 2.75. The van der Waals surface area contributed by atoms with Crippen LogP contribution < -0.4 is 5.32 Å². The summed E-state index contributed by atoms with van der Waals surface area (Å²) < 4.78 is 1.88. The van der Waals surface area contributed by atoms with Gasteiger partial charge in [-0.25, -0.2) is 0 Å². The lowest BCUT2D eigenvalue weighted by atomic mass is 10.1. The number of nitrogens with one attached hydrogen (secondary N) is 1. The van der Waals surface area contributed by atoms with Gasteiger partial charge in [-0.2, -0.15) is 5.10 Å². The minimum Gasteiger partial charge on any atom is -0.310 e. The summed E-state index contributed by atoms with van der Waals surface area (Å²) in [6.45, 7) is 6.44. The smallest absolute Gasteiger partial charge is 0.0641 e. The zero-order valence-electron chi connectivity index (χ0n) is 11.1. The zero-order valence-corrected chi connectivity index (χ0v) is 11.1. The van der Waals surface area contributed by atoms with Crippen molar-refractivity contribution in [2.75, 3.05) is 27.2 Å². The van der Waals surface area contributed by atoms with E-state index in [1.54, 1.807) is 0 Å². The van der Waals surface area contributed by atoms with Crippen LogP contribution in [0.25, 0.3) is 0 Å². The van der Waals surface area contributed by atoms with Gasteiger partial charge in [0, 0.05) is 24.8 Å². The van der Waals surface area contributed by atoms with Crippen LogP contribution in [0.15, 0.2) is 6.20 Å². The maximum absolute atomic E-state index is 4.36. The molecule has 92 valence electrons. The molecule has 1 aromatic rings. The minimum absolute atomic E-state index is 0.385. The molecule has 0 fully saturated rings. The SMILES string of the molecule is Cc1nn(C)cc1C(C)NCCCN(C)C. The van der Waals surface area contributed by atoms with Gasteiger partial charge in [0.15, 0.2) is 0 Å². The van der Waals surface area contributed by atoms with Gasteiger partial charge in [0.1, 0.15) is 0 Å². The van der Waals surface area contributed by atoms with Crippen molar-refractivity contribution in [2.24, 2.45) is 7.05 Å². The van der Waals surface area contributed by atoms with Gasteiger partial charge in [-0.05, 0) is 47.5 Å². The summed E-state index contributed by atoms with van der Waals surface area (Å²) in [5.74, 6) is 0. The molecule has 1 rings (SSSR count). The summed E-state index contributed by atoms with van der Waals surface area (Å²) >= 11 is 0. The quantitative estimate of drug-likeness (QED) is 0.740. The standard InChI is InChI=1S/C12H24N4/c1-10(13-7-6-8-15(3)4)12-9-16(5)14-11(12)2/h9-10,13H,6-8H2,1-5H3. The number of hydrogen-bond acceptors (Lipinski definition) is 3. The molecule has 0 saturated heterocycles. The van der Waals surface area contributed by atoms with Crippen molar-refractivity contribution in [3.8, 4) is 0 Å². The van der Waals surface area contributed by atoms with Crippen LogP contribution in [0.5, 0.6) is 0 Å². The number of rotatable bonds is 6. The first-order valence-corrected chi connectivity index (χ1v) is 5.89. The third-order valence-electron chi connectivity index (χ3n) is 2.75. The summed E-state index contributed by atoms with van der Waals surface area (Å²) in [4.78, 5) is 2.21. The average molecular weight is 224 g/mol. The van der Waals surface area contributed by atoms with Gasteiger partial charge in [0.05, 0.1) is 5.69 Å². The van der Waals surface area contributed by atoms with Crippen LogP contribution in [0.1, 0.15) is 30.6 Å². The Hall–Kier alpha value is -0.870. The molecule has 0 aromatic carbocycles. The largest absolute Gasteiger partial charge is 0.310 e. The molecule has 1 atom stereocenters. The molecule has 0 spiro atoms. The monoisotopic (exact) mass is 224 g/mol. The van der Waals surface area contributed by atoms with Crippen LogP contribution in [0.4, 0.5) is 0 Å². The highest BCUT2D eigenvalue weighted by Crippen LogP contribution is 2.14. The van der Waals surface area contributed by atoms with Crippen LogP contribution in [-0.4, -0.2) is 41.9 Å². The van der Waals surface area contributed by atoms with E-state index in [4.69, 9.17) is 0 Å². The van der Waals surface area contributed by atoms with Crippen LogP contribution in [0.2, 0.25) is 0 Å². The van der Waals surface area contributed by atoms with E-state index in [2.05, 4.69) is 49.5 Å². The first-order chi connectivity index (χ1) is 7.50. The summed E-state index contributed by atoms with van der Waals surface area (Å²) in [7, 11) is 6.18. The highest BCUT2D eigenvalue weighted by atomic mass is 15.3. The fourth-order valence-corrected chi connectivity index (χ4v) is 1.87. The van der Waals surface area contributed by atoms with Gasteiger partial charge >= 0.3 is 0 Å².